The minimum atomic E-state index is -0.637. The Morgan fingerprint density at radius 1 is 0.630 bits per heavy atom. The maximum absolute atomic E-state index is 12.4. The molecule has 27 heavy (non-hydrogen) atoms. The summed E-state index contributed by atoms with van der Waals surface area (Å²) in [5.41, 5.74) is 1.90. The van der Waals surface area contributed by atoms with E-state index in [4.69, 9.17) is 4.74 Å². The summed E-state index contributed by atoms with van der Waals surface area (Å²) >= 11 is 0. The van der Waals surface area contributed by atoms with Crippen LogP contribution in [0.25, 0.3) is 21.5 Å². The van der Waals surface area contributed by atoms with Gasteiger partial charge in [0.1, 0.15) is 0 Å². The van der Waals surface area contributed by atoms with Crippen molar-refractivity contribution < 1.29 is 14.3 Å². The molecule has 0 N–H and O–H groups in total. The van der Waals surface area contributed by atoms with Crippen molar-refractivity contribution >= 4 is 33.5 Å². The Hall–Kier alpha value is -3.90. The van der Waals surface area contributed by atoms with Gasteiger partial charge in [-0.3, -0.25) is 0 Å². The summed E-state index contributed by atoms with van der Waals surface area (Å²) < 4.78 is 4.90. The fraction of sp³-hybridized carbons (Fsp3) is 0. The molecule has 0 fully saturated rings. The van der Waals surface area contributed by atoms with Crippen LogP contribution in [0.2, 0.25) is 0 Å². The van der Waals surface area contributed by atoms with Crippen molar-refractivity contribution in [2.24, 2.45) is 0 Å². The van der Waals surface area contributed by atoms with Crippen molar-refractivity contribution in [2.45, 2.75) is 0 Å². The van der Waals surface area contributed by atoms with Crippen LogP contribution in [0.3, 0.4) is 0 Å². The zero-order valence-electron chi connectivity index (χ0n) is 14.2. The number of hydrogen-bond acceptors (Lipinski definition) is 3. The lowest BCUT2D eigenvalue weighted by atomic mass is 9.93. The molecular formula is C24H12O3. The Morgan fingerprint density at radius 3 is 2.07 bits per heavy atom. The van der Waals surface area contributed by atoms with E-state index < -0.39 is 11.9 Å². The van der Waals surface area contributed by atoms with Gasteiger partial charge in [0, 0.05) is 11.1 Å². The first-order valence-electron chi connectivity index (χ1n) is 8.54. The molecule has 4 aromatic rings. The highest BCUT2D eigenvalue weighted by Crippen LogP contribution is 2.34. The summed E-state index contributed by atoms with van der Waals surface area (Å²) in [4.78, 5) is 24.7. The van der Waals surface area contributed by atoms with Gasteiger partial charge >= 0.3 is 11.9 Å². The van der Waals surface area contributed by atoms with Gasteiger partial charge in [-0.2, -0.15) is 0 Å². The third-order valence-corrected chi connectivity index (χ3v) is 4.72. The monoisotopic (exact) mass is 348 g/mol. The fourth-order valence-electron chi connectivity index (χ4n) is 3.46. The molecule has 0 spiro atoms. The van der Waals surface area contributed by atoms with Crippen LogP contribution in [0.4, 0.5) is 0 Å². The van der Waals surface area contributed by atoms with E-state index in [2.05, 4.69) is 11.8 Å². The van der Waals surface area contributed by atoms with Gasteiger partial charge in [0.15, 0.2) is 0 Å². The first-order valence-corrected chi connectivity index (χ1v) is 8.54. The summed E-state index contributed by atoms with van der Waals surface area (Å²) in [6.07, 6.45) is 0. The Balaban J connectivity index is 1.83. The minimum Gasteiger partial charge on any atom is -0.386 e. The normalized spacial score (nSPS) is 12.6. The van der Waals surface area contributed by atoms with Gasteiger partial charge in [-0.1, -0.05) is 54.3 Å². The molecule has 3 heteroatoms. The van der Waals surface area contributed by atoms with E-state index in [-0.39, 0.29) is 5.56 Å². The molecule has 1 aliphatic rings. The van der Waals surface area contributed by atoms with Gasteiger partial charge in [0.2, 0.25) is 0 Å². The predicted molar refractivity (Wildman–Crippen MR) is 104 cm³/mol. The number of rotatable bonds is 0. The zero-order valence-corrected chi connectivity index (χ0v) is 14.2. The van der Waals surface area contributed by atoms with E-state index in [0.717, 1.165) is 21.7 Å². The quantitative estimate of drug-likeness (QED) is 0.200. The zero-order chi connectivity index (χ0) is 18.4. The van der Waals surface area contributed by atoms with Gasteiger partial charge in [-0.15, -0.1) is 0 Å². The van der Waals surface area contributed by atoms with E-state index in [1.54, 1.807) is 0 Å². The van der Waals surface area contributed by atoms with Crippen LogP contribution in [-0.2, 0) is 4.74 Å². The highest BCUT2D eigenvalue weighted by molar-refractivity contribution is 6.23. The maximum Gasteiger partial charge on any atom is 0.348 e. The summed E-state index contributed by atoms with van der Waals surface area (Å²) in [6.45, 7) is 0. The molecular weight excluding hydrogens is 336 g/mol. The van der Waals surface area contributed by atoms with Gasteiger partial charge < -0.3 is 4.74 Å². The first kappa shape index (κ1) is 15.4. The number of carbonyl (C=O) groups excluding carboxylic acids is 2. The molecule has 0 unspecified atom stereocenters. The Bertz CT molecular complexity index is 1320. The molecule has 0 radical (unpaired) electrons. The van der Waals surface area contributed by atoms with Crippen LogP contribution in [0.1, 0.15) is 31.8 Å². The topological polar surface area (TPSA) is 43.4 Å². The van der Waals surface area contributed by atoms with E-state index in [1.165, 1.54) is 0 Å². The highest BCUT2D eigenvalue weighted by atomic mass is 16.6. The van der Waals surface area contributed by atoms with Gasteiger partial charge in [0.25, 0.3) is 0 Å². The minimum absolute atomic E-state index is 0.256. The number of esters is 2. The number of fused-ring (bicyclic) bond motifs is 4. The lowest BCUT2D eigenvalue weighted by Gasteiger charge is -2.07. The third-order valence-electron chi connectivity index (χ3n) is 4.72. The second-order valence-electron chi connectivity index (χ2n) is 6.39. The van der Waals surface area contributed by atoms with Crippen LogP contribution in [-0.4, -0.2) is 11.9 Å². The molecule has 0 aromatic heterocycles. The highest BCUT2D eigenvalue weighted by Gasteiger charge is 2.34. The smallest absolute Gasteiger partial charge is 0.348 e. The van der Waals surface area contributed by atoms with Crippen LogP contribution in [0.5, 0.6) is 0 Å². The number of benzene rings is 4. The average molecular weight is 348 g/mol. The van der Waals surface area contributed by atoms with Crippen molar-refractivity contribution in [1.82, 2.24) is 0 Å². The lowest BCUT2D eigenvalue weighted by Crippen LogP contribution is -1.98. The molecule has 126 valence electrons. The van der Waals surface area contributed by atoms with E-state index in [9.17, 15) is 9.59 Å². The van der Waals surface area contributed by atoms with Crippen molar-refractivity contribution in [2.75, 3.05) is 0 Å². The Labute approximate surface area is 155 Å². The van der Waals surface area contributed by atoms with Crippen LogP contribution < -0.4 is 0 Å². The molecule has 0 atom stereocenters. The lowest BCUT2D eigenvalue weighted by molar-refractivity contribution is 0.0444. The number of ether oxygens (including phenoxy) is 1. The summed E-state index contributed by atoms with van der Waals surface area (Å²) in [6, 6.07) is 23.2. The Morgan fingerprint density at radius 2 is 1.30 bits per heavy atom. The first-order chi connectivity index (χ1) is 13.2. The van der Waals surface area contributed by atoms with Crippen molar-refractivity contribution in [3.8, 4) is 11.8 Å². The third kappa shape index (κ3) is 2.47. The Kier molecular flexibility index (Phi) is 3.31. The van der Waals surface area contributed by atoms with Crippen LogP contribution in [0, 0.1) is 11.8 Å². The molecule has 0 bridgehead atoms. The number of carbonyl (C=O) groups is 2. The second-order valence-corrected chi connectivity index (χ2v) is 6.39. The molecule has 0 saturated carbocycles. The number of hydrogen-bond donors (Lipinski definition) is 0. The molecule has 3 nitrogen and oxygen atoms in total. The number of cyclic esters (lactones) is 2. The van der Waals surface area contributed by atoms with E-state index >= 15 is 0 Å². The molecule has 1 aliphatic heterocycles. The average Bonchev–Trinajstić information content (AvgIpc) is 3.00. The van der Waals surface area contributed by atoms with Gasteiger partial charge in [0.05, 0.1) is 11.1 Å². The van der Waals surface area contributed by atoms with Crippen molar-refractivity contribution in [3.63, 3.8) is 0 Å². The largest absolute Gasteiger partial charge is 0.386 e. The standard InChI is InChI=1S/C24H12O3/c25-23-21-18(11-10-15-6-2-1-3-7-15)13-19-12-16-8-4-5-9-17(16)14-20(19)22(21)24(26)27-23/h1-9,12-14H. The van der Waals surface area contributed by atoms with Gasteiger partial charge in [-0.25, -0.2) is 9.59 Å². The molecule has 0 aliphatic carbocycles. The van der Waals surface area contributed by atoms with Crippen LogP contribution >= 0.6 is 0 Å². The summed E-state index contributed by atoms with van der Waals surface area (Å²) in [7, 11) is 0. The predicted octanol–water partition coefficient (Wildman–Crippen LogP) is 4.70. The second kappa shape index (κ2) is 5.82. The maximum atomic E-state index is 12.4. The molecule has 0 amide bonds. The van der Waals surface area contributed by atoms with Gasteiger partial charge in [-0.05, 0) is 51.9 Å². The SMILES string of the molecule is O=C1OC(=O)c2c1c(C#Cc1ccccc1)cc1cc3ccccc3cc21. The van der Waals surface area contributed by atoms with Crippen molar-refractivity contribution in [3.05, 3.63) is 95.1 Å². The van der Waals surface area contributed by atoms with Crippen LogP contribution in [0.15, 0.2) is 72.8 Å². The molecule has 5 rings (SSSR count). The van der Waals surface area contributed by atoms with E-state index in [1.807, 2.05) is 72.8 Å². The summed E-state index contributed by atoms with van der Waals surface area (Å²) in [5, 5.41) is 3.63. The van der Waals surface area contributed by atoms with Crippen molar-refractivity contribution in [1.29, 1.82) is 0 Å². The van der Waals surface area contributed by atoms with E-state index in [0.29, 0.717) is 16.5 Å². The fourth-order valence-corrected chi connectivity index (χ4v) is 3.46. The summed E-state index contributed by atoms with van der Waals surface area (Å²) in [5.74, 6) is 4.86. The molecule has 0 saturated heterocycles. The molecule has 4 aromatic carbocycles. The molecule has 1 heterocycles.